The van der Waals surface area contributed by atoms with Crippen LogP contribution in [0.5, 0.6) is 5.75 Å². The van der Waals surface area contributed by atoms with Crippen molar-refractivity contribution in [1.29, 1.82) is 0 Å². The molecular formula is C17H21NO2. The summed E-state index contributed by atoms with van der Waals surface area (Å²) in [5.41, 5.74) is 6.69. The molecule has 2 rings (SSSR count). The summed E-state index contributed by atoms with van der Waals surface area (Å²) in [7, 11) is 0. The predicted octanol–water partition coefficient (Wildman–Crippen LogP) is 2.99. The van der Waals surface area contributed by atoms with Gasteiger partial charge in [-0.3, -0.25) is 0 Å². The first-order valence-corrected chi connectivity index (χ1v) is 6.75. The van der Waals surface area contributed by atoms with Crippen LogP contribution in [0.1, 0.15) is 31.0 Å². The van der Waals surface area contributed by atoms with Crippen molar-refractivity contribution in [2.24, 2.45) is 5.73 Å². The summed E-state index contributed by atoms with van der Waals surface area (Å²) in [6.45, 7) is 3.89. The maximum absolute atomic E-state index is 10.4. The fraction of sp³-hybridized carbons (Fsp3) is 0.294. The Morgan fingerprint density at radius 2 is 1.70 bits per heavy atom. The predicted molar refractivity (Wildman–Crippen MR) is 80.6 cm³/mol. The average molecular weight is 271 g/mol. The van der Waals surface area contributed by atoms with Crippen LogP contribution in [0.15, 0.2) is 54.6 Å². The molecule has 0 aliphatic carbocycles. The van der Waals surface area contributed by atoms with Gasteiger partial charge in [0.05, 0.1) is 0 Å². The second-order valence-electron chi connectivity index (χ2n) is 5.29. The molecule has 0 spiro atoms. The summed E-state index contributed by atoms with van der Waals surface area (Å²) >= 11 is 0. The van der Waals surface area contributed by atoms with Crippen LogP contribution in [0, 0.1) is 0 Å². The number of benzene rings is 2. The molecule has 2 atom stereocenters. The zero-order valence-electron chi connectivity index (χ0n) is 11.9. The first kappa shape index (κ1) is 14.6. The van der Waals surface area contributed by atoms with Crippen molar-refractivity contribution in [3.8, 4) is 5.75 Å². The fourth-order valence-electron chi connectivity index (χ4n) is 1.97. The average Bonchev–Trinajstić information content (AvgIpc) is 2.46. The van der Waals surface area contributed by atoms with Gasteiger partial charge in [-0.15, -0.1) is 0 Å². The molecule has 106 valence electrons. The summed E-state index contributed by atoms with van der Waals surface area (Å²) in [5.74, 6) is 0.727. The molecule has 0 amide bonds. The van der Waals surface area contributed by atoms with Crippen molar-refractivity contribution in [3.05, 3.63) is 65.7 Å². The normalized spacial score (nSPS) is 15.4. The van der Waals surface area contributed by atoms with Gasteiger partial charge in [-0.05, 0) is 37.1 Å². The Balaban J connectivity index is 2.01. The highest BCUT2D eigenvalue weighted by molar-refractivity contribution is 5.29. The van der Waals surface area contributed by atoms with Crippen LogP contribution in [0.3, 0.4) is 0 Å². The number of ether oxygens (including phenoxy) is 1. The van der Waals surface area contributed by atoms with E-state index in [0.29, 0.717) is 0 Å². The van der Waals surface area contributed by atoms with Gasteiger partial charge in [-0.25, -0.2) is 0 Å². The summed E-state index contributed by atoms with van der Waals surface area (Å²) in [5, 5.41) is 10.4. The monoisotopic (exact) mass is 271 g/mol. The Morgan fingerprint density at radius 3 is 2.25 bits per heavy atom. The maximum atomic E-state index is 10.4. The lowest BCUT2D eigenvalue weighted by molar-refractivity contribution is 0.00759. The lowest BCUT2D eigenvalue weighted by Gasteiger charge is -2.24. The summed E-state index contributed by atoms with van der Waals surface area (Å²) in [6, 6.07) is 17.2. The highest BCUT2D eigenvalue weighted by atomic mass is 16.5. The quantitative estimate of drug-likeness (QED) is 0.879. The van der Waals surface area contributed by atoms with Crippen molar-refractivity contribution in [2.75, 3.05) is 6.61 Å². The van der Waals surface area contributed by atoms with Crippen LogP contribution >= 0.6 is 0 Å². The minimum Gasteiger partial charge on any atom is -0.490 e. The van der Waals surface area contributed by atoms with Gasteiger partial charge in [0.2, 0.25) is 0 Å². The van der Waals surface area contributed by atoms with Crippen molar-refractivity contribution >= 4 is 0 Å². The third kappa shape index (κ3) is 3.59. The van der Waals surface area contributed by atoms with Gasteiger partial charge in [0, 0.05) is 6.04 Å². The Labute approximate surface area is 120 Å². The van der Waals surface area contributed by atoms with E-state index in [1.807, 2.05) is 61.5 Å². The van der Waals surface area contributed by atoms with Crippen molar-refractivity contribution < 1.29 is 9.84 Å². The van der Waals surface area contributed by atoms with Crippen molar-refractivity contribution in [1.82, 2.24) is 0 Å². The van der Waals surface area contributed by atoms with E-state index in [0.717, 1.165) is 16.9 Å². The molecule has 0 saturated heterocycles. The first-order valence-electron chi connectivity index (χ1n) is 6.75. The van der Waals surface area contributed by atoms with Gasteiger partial charge >= 0.3 is 0 Å². The Morgan fingerprint density at radius 1 is 1.10 bits per heavy atom. The molecule has 0 aromatic heterocycles. The Bertz CT molecular complexity index is 533. The highest BCUT2D eigenvalue weighted by Crippen LogP contribution is 2.23. The number of hydrogen-bond donors (Lipinski definition) is 2. The minimum atomic E-state index is -1.01. The third-order valence-corrected chi connectivity index (χ3v) is 3.32. The summed E-state index contributed by atoms with van der Waals surface area (Å²) in [6.07, 6.45) is 0. The number of hydrogen-bond acceptors (Lipinski definition) is 3. The second kappa shape index (κ2) is 6.07. The smallest absolute Gasteiger partial charge is 0.121 e. The van der Waals surface area contributed by atoms with Crippen LogP contribution < -0.4 is 10.5 Å². The second-order valence-corrected chi connectivity index (χ2v) is 5.29. The molecule has 0 radical (unpaired) electrons. The number of nitrogens with two attached hydrogens (primary N) is 1. The number of rotatable bonds is 5. The van der Waals surface area contributed by atoms with Gasteiger partial charge < -0.3 is 15.6 Å². The SMILES string of the molecule is C[C@@H](N)c1ccc(OCC(C)(O)c2ccccc2)cc1. The Hall–Kier alpha value is -1.84. The molecule has 0 aliphatic rings. The molecule has 0 heterocycles. The summed E-state index contributed by atoms with van der Waals surface area (Å²) in [4.78, 5) is 0. The van der Waals surface area contributed by atoms with E-state index in [9.17, 15) is 5.11 Å². The largest absolute Gasteiger partial charge is 0.490 e. The molecule has 0 saturated carbocycles. The fourth-order valence-corrected chi connectivity index (χ4v) is 1.97. The van der Waals surface area contributed by atoms with Gasteiger partial charge in [0.25, 0.3) is 0 Å². The molecule has 2 aromatic rings. The first-order chi connectivity index (χ1) is 9.49. The van der Waals surface area contributed by atoms with Crippen LogP contribution in [0.4, 0.5) is 0 Å². The van der Waals surface area contributed by atoms with Crippen LogP contribution in [-0.2, 0) is 5.60 Å². The van der Waals surface area contributed by atoms with Crippen LogP contribution in [0.2, 0.25) is 0 Å². The van der Waals surface area contributed by atoms with E-state index >= 15 is 0 Å². The van der Waals surface area contributed by atoms with Crippen molar-refractivity contribution in [2.45, 2.75) is 25.5 Å². The molecule has 3 N–H and O–H groups in total. The molecule has 20 heavy (non-hydrogen) atoms. The van der Waals surface area contributed by atoms with E-state index in [2.05, 4.69) is 0 Å². The maximum Gasteiger partial charge on any atom is 0.121 e. The topological polar surface area (TPSA) is 55.5 Å². The lowest BCUT2D eigenvalue weighted by Crippen LogP contribution is -2.29. The standard InChI is InChI=1S/C17H21NO2/c1-13(18)14-8-10-16(11-9-14)20-12-17(2,19)15-6-4-3-5-7-15/h3-11,13,19H,12,18H2,1-2H3/t13-,17?/m1/s1. The van der Waals surface area contributed by atoms with Gasteiger partial charge in [0.15, 0.2) is 0 Å². The zero-order valence-corrected chi connectivity index (χ0v) is 11.9. The molecule has 0 fully saturated rings. The molecule has 1 unspecified atom stereocenters. The van der Waals surface area contributed by atoms with Gasteiger partial charge in [-0.2, -0.15) is 0 Å². The zero-order chi connectivity index (χ0) is 14.6. The highest BCUT2D eigenvalue weighted by Gasteiger charge is 2.23. The molecule has 0 bridgehead atoms. The molecule has 3 nitrogen and oxygen atoms in total. The van der Waals surface area contributed by atoms with Crippen LogP contribution in [0.25, 0.3) is 0 Å². The van der Waals surface area contributed by atoms with Crippen molar-refractivity contribution in [3.63, 3.8) is 0 Å². The Kier molecular flexibility index (Phi) is 4.42. The minimum absolute atomic E-state index is 0.0106. The molecule has 3 heteroatoms. The van der Waals surface area contributed by atoms with E-state index in [1.54, 1.807) is 6.92 Å². The van der Waals surface area contributed by atoms with Gasteiger partial charge in [-0.1, -0.05) is 42.5 Å². The van der Waals surface area contributed by atoms with E-state index in [1.165, 1.54) is 0 Å². The molecule has 0 aliphatic heterocycles. The molecular weight excluding hydrogens is 250 g/mol. The van der Waals surface area contributed by atoms with Crippen LogP contribution in [-0.4, -0.2) is 11.7 Å². The van der Waals surface area contributed by atoms with E-state index in [-0.39, 0.29) is 12.6 Å². The third-order valence-electron chi connectivity index (χ3n) is 3.32. The van der Waals surface area contributed by atoms with E-state index < -0.39 is 5.60 Å². The molecule has 2 aromatic carbocycles. The lowest BCUT2D eigenvalue weighted by atomic mass is 9.97. The van der Waals surface area contributed by atoms with E-state index in [4.69, 9.17) is 10.5 Å². The van der Waals surface area contributed by atoms with Gasteiger partial charge in [0.1, 0.15) is 18.0 Å². The summed E-state index contributed by atoms with van der Waals surface area (Å²) < 4.78 is 5.67. The number of aliphatic hydroxyl groups is 1.